The van der Waals surface area contributed by atoms with Gasteiger partial charge in [-0.1, -0.05) is 55.3 Å². The second-order valence-corrected chi connectivity index (χ2v) is 9.79. The Balaban J connectivity index is 1.63. The predicted octanol–water partition coefficient (Wildman–Crippen LogP) is 4.82. The summed E-state index contributed by atoms with van der Waals surface area (Å²) in [7, 11) is 0. The minimum atomic E-state index is -0.576. The summed E-state index contributed by atoms with van der Waals surface area (Å²) in [5, 5.41) is 10.5. The van der Waals surface area contributed by atoms with Crippen LogP contribution >= 0.6 is 22.9 Å². The summed E-state index contributed by atoms with van der Waals surface area (Å²) in [6.45, 7) is 4.07. The van der Waals surface area contributed by atoms with Crippen molar-refractivity contribution >= 4 is 39.8 Å². The molecule has 5 rings (SSSR count). The number of nitrogens with zero attached hydrogens (tertiary/aromatic N) is 3. The van der Waals surface area contributed by atoms with E-state index >= 15 is 0 Å². The second-order valence-electron chi connectivity index (χ2n) is 8.36. The van der Waals surface area contributed by atoms with Crippen LogP contribution in [0.25, 0.3) is 0 Å². The molecule has 2 aliphatic heterocycles. The first kappa shape index (κ1) is 19.7. The quantitative estimate of drug-likeness (QED) is 0.680. The van der Waals surface area contributed by atoms with Crippen LogP contribution in [0.4, 0.5) is 5.13 Å². The van der Waals surface area contributed by atoms with Gasteiger partial charge in [-0.25, -0.2) is 0 Å². The van der Waals surface area contributed by atoms with Gasteiger partial charge in [0.2, 0.25) is 5.13 Å². The number of carbonyl (C=O) groups excluding carboxylic acids is 2. The van der Waals surface area contributed by atoms with Crippen LogP contribution in [0.2, 0.25) is 5.02 Å². The Morgan fingerprint density at radius 2 is 1.87 bits per heavy atom. The third kappa shape index (κ3) is 3.06. The van der Waals surface area contributed by atoms with E-state index in [4.69, 9.17) is 16.3 Å². The molecule has 1 aliphatic carbocycles. The van der Waals surface area contributed by atoms with Gasteiger partial charge in [0.25, 0.3) is 5.91 Å². The number of fused-ring (bicyclic) bond motifs is 1. The van der Waals surface area contributed by atoms with Crippen LogP contribution in [0.3, 0.4) is 0 Å². The van der Waals surface area contributed by atoms with Gasteiger partial charge >= 0.3 is 0 Å². The highest BCUT2D eigenvalue weighted by Gasteiger charge is 2.53. The number of carbonyl (C=O) groups is 2. The molecule has 0 bridgehead atoms. The molecule has 0 N–H and O–H groups in total. The molecule has 3 unspecified atom stereocenters. The van der Waals surface area contributed by atoms with Gasteiger partial charge in [-0.3, -0.25) is 14.5 Å². The zero-order chi connectivity index (χ0) is 21.0. The first-order valence-corrected chi connectivity index (χ1v) is 11.5. The number of benzene rings is 1. The molecule has 1 fully saturated rings. The molecule has 1 amide bonds. The lowest BCUT2D eigenvalue weighted by molar-refractivity contribution is -0.131. The SMILES string of the molecule is CC(C)c1nnc(N2C(=O)C3=C(C(=O)C4CCCCC4O3)C2c2ccc(Cl)cc2)s1. The number of hydrogen-bond acceptors (Lipinski definition) is 6. The molecule has 3 aliphatic rings. The van der Waals surface area contributed by atoms with Crippen LogP contribution in [0.5, 0.6) is 0 Å². The molecule has 8 heteroatoms. The number of hydrogen-bond donors (Lipinski definition) is 0. The Kier molecular flexibility index (Phi) is 4.90. The van der Waals surface area contributed by atoms with Crippen molar-refractivity contribution in [1.82, 2.24) is 10.2 Å². The van der Waals surface area contributed by atoms with Gasteiger partial charge in [0, 0.05) is 10.9 Å². The minimum absolute atomic E-state index is 0.0327. The molecule has 3 heterocycles. The fraction of sp³-hybridized carbons (Fsp3) is 0.455. The maximum absolute atomic E-state index is 13.6. The van der Waals surface area contributed by atoms with Crippen molar-refractivity contribution in [2.45, 2.75) is 57.6 Å². The van der Waals surface area contributed by atoms with Crippen molar-refractivity contribution in [2.24, 2.45) is 5.92 Å². The lowest BCUT2D eigenvalue weighted by Gasteiger charge is -2.35. The van der Waals surface area contributed by atoms with E-state index in [0.29, 0.717) is 15.7 Å². The van der Waals surface area contributed by atoms with E-state index in [0.717, 1.165) is 36.3 Å². The number of halogens is 1. The number of rotatable bonds is 3. The Morgan fingerprint density at radius 1 is 1.13 bits per heavy atom. The molecular weight excluding hydrogens is 422 g/mol. The van der Waals surface area contributed by atoms with Crippen molar-refractivity contribution in [3.8, 4) is 0 Å². The molecule has 3 atom stereocenters. The van der Waals surface area contributed by atoms with Crippen LogP contribution in [0.1, 0.15) is 62.1 Å². The monoisotopic (exact) mass is 443 g/mol. The van der Waals surface area contributed by atoms with E-state index in [9.17, 15) is 9.59 Å². The zero-order valence-electron chi connectivity index (χ0n) is 16.8. The van der Waals surface area contributed by atoms with Crippen LogP contribution < -0.4 is 4.90 Å². The first-order valence-electron chi connectivity index (χ1n) is 10.3. The highest BCUT2D eigenvalue weighted by atomic mass is 35.5. The Hall–Kier alpha value is -2.25. The fourth-order valence-electron chi connectivity index (χ4n) is 4.56. The molecule has 0 spiro atoms. The molecule has 6 nitrogen and oxygen atoms in total. The zero-order valence-corrected chi connectivity index (χ0v) is 18.4. The lowest BCUT2D eigenvalue weighted by Crippen LogP contribution is -2.39. The van der Waals surface area contributed by atoms with Crippen molar-refractivity contribution in [1.29, 1.82) is 0 Å². The molecule has 0 radical (unpaired) electrons. The molecule has 2 aromatic rings. The summed E-state index contributed by atoms with van der Waals surface area (Å²) in [5.41, 5.74) is 1.26. The second kappa shape index (κ2) is 7.46. The van der Waals surface area contributed by atoms with Gasteiger partial charge in [0.15, 0.2) is 11.5 Å². The number of amides is 1. The molecule has 156 valence electrons. The van der Waals surface area contributed by atoms with Gasteiger partial charge in [-0.05, 0) is 37.0 Å². The molecular formula is C22H22ClN3O3S. The summed E-state index contributed by atoms with van der Waals surface area (Å²) in [6, 6.07) is 6.68. The van der Waals surface area contributed by atoms with Crippen molar-refractivity contribution in [3.05, 3.63) is 51.2 Å². The Morgan fingerprint density at radius 3 is 2.57 bits per heavy atom. The number of ether oxygens (including phenoxy) is 1. The lowest BCUT2D eigenvalue weighted by atomic mass is 9.77. The van der Waals surface area contributed by atoms with Crippen LogP contribution in [-0.2, 0) is 14.3 Å². The predicted molar refractivity (Wildman–Crippen MR) is 115 cm³/mol. The summed E-state index contributed by atoms with van der Waals surface area (Å²) >= 11 is 7.47. The molecule has 30 heavy (non-hydrogen) atoms. The first-order chi connectivity index (χ1) is 14.5. The maximum atomic E-state index is 13.6. The van der Waals surface area contributed by atoms with Crippen molar-refractivity contribution < 1.29 is 14.3 Å². The van der Waals surface area contributed by atoms with E-state index in [-0.39, 0.29) is 35.4 Å². The summed E-state index contributed by atoms with van der Waals surface area (Å²) in [5.74, 6) is -0.0736. The smallest absolute Gasteiger partial charge is 0.296 e. The largest absolute Gasteiger partial charge is 0.483 e. The standard InChI is InChI=1S/C22H22ClN3O3S/c1-11(2)20-24-25-22(30-20)26-17(12-7-9-13(23)10-8-12)16-18(27)14-5-3-4-6-15(14)29-19(16)21(26)28/h7-11,14-15,17H,3-6H2,1-2H3. The molecule has 0 saturated heterocycles. The maximum Gasteiger partial charge on any atom is 0.296 e. The van der Waals surface area contributed by atoms with Crippen LogP contribution in [0.15, 0.2) is 35.6 Å². The number of ketones is 1. The van der Waals surface area contributed by atoms with Gasteiger partial charge in [-0.15, -0.1) is 10.2 Å². The third-order valence-electron chi connectivity index (χ3n) is 6.08. The summed E-state index contributed by atoms with van der Waals surface area (Å²) in [6.07, 6.45) is 3.43. The highest BCUT2D eigenvalue weighted by molar-refractivity contribution is 7.15. The van der Waals surface area contributed by atoms with Crippen LogP contribution in [-0.4, -0.2) is 28.0 Å². The minimum Gasteiger partial charge on any atom is -0.483 e. The Bertz CT molecular complexity index is 1050. The van der Waals surface area contributed by atoms with Crippen LogP contribution in [0, 0.1) is 5.92 Å². The summed E-state index contributed by atoms with van der Waals surface area (Å²) in [4.78, 5) is 28.6. The molecule has 1 saturated carbocycles. The van der Waals surface area contributed by atoms with Gasteiger partial charge in [-0.2, -0.15) is 0 Å². The normalized spacial score (nSPS) is 26.1. The molecule has 1 aromatic heterocycles. The fourth-order valence-corrected chi connectivity index (χ4v) is 5.56. The van der Waals surface area contributed by atoms with E-state index in [1.165, 1.54) is 11.3 Å². The van der Waals surface area contributed by atoms with E-state index in [1.54, 1.807) is 17.0 Å². The summed E-state index contributed by atoms with van der Waals surface area (Å²) < 4.78 is 6.18. The number of aromatic nitrogens is 2. The number of anilines is 1. The topological polar surface area (TPSA) is 72.4 Å². The highest BCUT2D eigenvalue weighted by Crippen LogP contribution is 2.49. The number of Topliss-reactive ketones (excluding diaryl/α,β-unsaturated/α-hetero) is 1. The van der Waals surface area contributed by atoms with Gasteiger partial charge in [0.05, 0.1) is 17.5 Å². The van der Waals surface area contributed by atoms with Crippen molar-refractivity contribution in [3.63, 3.8) is 0 Å². The van der Waals surface area contributed by atoms with E-state index in [1.807, 2.05) is 26.0 Å². The van der Waals surface area contributed by atoms with Crippen molar-refractivity contribution in [2.75, 3.05) is 4.90 Å². The Labute approximate surface area is 183 Å². The van der Waals surface area contributed by atoms with Gasteiger partial charge < -0.3 is 4.74 Å². The molecule has 1 aromatic carbocycles. The van der Waals surface area contributed by atoms with E-state index in [2.05, 4.69) is 10.2 Å². The van der Waals surface area contributed by atoms with E-state index < -0.39 is 6.04 Å². The van der Waals surface area contributed by atoms with Gasteiger partial charge in [0.1, 0.15) is 11.1 Å². The average molecular weight is 444 g/mol. The third-order valence-corrected chi connectivity index (χ3v) is 7.55. The average Bonchev–Trinajstić information content (AvgIpc) is 3.33.